The van der Waals surface area contributed by atoms with Crippen molar-refractivity contribution in [3.63, 3.8) is 0 Å². The molecule has 4 heteroatoms. The Morgan fingerprint density at radius 3 is 2.82 bits per heavy atom. The molecule has 1 aromatic carbocycles. The molecule has 1 heterocycles. The molecule has 0 bridgehead atoms. The van der Waals surface area contributed by atoms with Gasteiger partial charge in [0.1, 0.15) is 0 Å². The van der Waals surface area contributed by atoms with Crippen LogP contribution in [0, 0.1) is 6.92 Å². The fourth-order valence-corrected chi connectivity index (χ4v) is 1.51. The zero-order valence-electron chi connectivity index (χ0n) is 9.68. The third kappa shape index (κ3) is 2.47. The summed E-state index contributed by atoms with van der Waals surface area (Å²) in [4.78, 5) is 19.4. The first kappa shape index (κ1) is 11.3. The van der Waals surface area contributed by atoms with Crippen LogP contribution in [0.4, 0.5) is 0 Å². The molecule has 17 heavy (non-hydrogen) atoms. The van der Waals surface area contributed by atoms with Crippen molar-refractivity contribution in [1.82, 2.24) is 9.97 Å². The Morgan fingerprint density at radius 2 is 2.12 bits per heavy atom. The van der Waals surface area contributed by atoms with Crippen LogP contribution in [0.3, 0.4) is 0 Å². The number of aryl methyl sites for hydroxylation is 1. The number of hydrogen-bond donors (Lipinski definition) is 0. The number of methoxy groups -OCH3 is 1. The molecule has 0 aliphatic carbocycles. The van der Waals surface area contributed by atoms with E-state index < -0.39 is 5.97 Å². The van der Waals surface area contributed by atoms with Gasteiger partial charge in [0.2, 0.25) is 5.82 Å². The SMILES string of the molecule is COC(=O)c1nccc(-c2cccc(C)c2)n1. The predicted molar refractivity (Wildman–Crippen MR) is 63.5 cm³/mol. The molecular weight excluding hydrogens is 216 g/mol. The molecule has 86 valence electrons. The van der Waals surface area contributed by atoms with E-state index in [2.05, 4.69) is 14.7 Å². The summed E-state index contributed by atoms with van der Waals surface area (Å²) < 4.78 is 4.59. The standard InChI is InChI=1S/C13H12N2O2/c1-9-4-3-5-10(8-9)11-6-7-14-12(15-11)13(16)17-2/h3-8H,1-2H3. The summed E-state index contributed by atoms with van der Waals surface area (Å²) in [6.07, 6.45) is 1.55. The predicted octanol–water partition coefficient (Wildman–Crippen LogP) is 2.24. The molecule has 0 aliphatic rings. The van der Waals surface area contributed by atoms with E-state index >= 15 is 0 Å². The van der Waals surface area contributed by atoms with E-state index in [1.54, 1.807) is 12.3 Å². The van der Waals surface area contributed by atoms with Crippen LogP contribution in [0.2, 0.25) is 0 Å². The first-order valence-electron chi connectivity index (χ1n) is 5.19. The van der Waals surface area contributed by atoms with E-state index in [-0.39, 0.29) is 5.82 Å². The Hall–Kier alpha value is -2.23. The number of benzene rings is 1. The van der Waals surface area contributed by atoms with Crippen molar-refractivity contribution >= 4 is 5.97 Å². The van der Waals surface area contributed by atoms with Crippen molar-refractivity contribution < 1.29 is 9.53 Å². The maximum absolute atomic E-state index is 11.3. The maximum Gasteiger partial charge on any atom is 0.376 e. The third-order valence-electron chi connectivity index (χ3n) is 2.34. The minimum Gasteiger partial charge on any atom is -0.463 e. The Labute approximate surface area is 99.3 Å². The normalized spacial score (nSPS) is 10.0. The van der Waals surface area contributed by atoms with Crippen molar-refractivity contribution in [2.75, 3.05) is 7.11 Å². The zero-order chi connectivity index (χ0) is 12.3. The Kier molecular flexibility index (Phi) is 3.14. The second-order valence-corrected chi connectivity index (χ2v) is 3.63. The van der Waals surface area contributed by atoms with E-state index in [9.17, 15) is 4.79 Å². The summed E-state index contributed by atoms with van der Waals surface area (Å²) >= 11 is 0. The van der Waals surface area contributed by atoms with Gasteiger partial charge >= 0.3 is 5.97 Å². The molecule has 2 aromatic rings. The van der Waals surface area contributed by atoms with Crippen molar-refractivity contribution in [2.45, 2.75) is 6.92 Å². The van der Waals surface area contributed by atoms with Crippen LogP contribution in [-0.2, 0) is 4.74 Å². The molecule has 1 aromatic heterocycles. The van der Waals surface area contributed by atoms with Crippen molar-refractivity contribution in [3.8, 4) is 11.3 Å². The van der Waals surface area contributed by atoms with E-state index in [0.717, 1.165) is 11.1 Å². The summed E-state index contributed by atoms with van der Waals surface area (Å²) in [6.45, 7) is 2.01. The van der Waals surface area contributed by atoms with Gasteiger partial charge in [0.25, 0.3) is 0 Å². The van der Waals surface area contributed by atoms with Crippen molar-refractivity contribution in [2.24, 2.45) is 0 Å². The first-order chi connectivity index (χ1) is 8.20. The number of nitrogens with zero attached hydrogens (tertiary/aromatic N) is 2. The number of aromatic nitrogens is 2. The Bertz CT molecular complexity index is 553. The highest BCUT2D eigenvalue weighted by molar-refractivity contribution is 5.85. The lowest BCUT2D eigenvalue weighted by Crippen LogP contribution is -2.07. The monoisotopic (exact) mass is 228 g/mol. The van der Waals surface area contributed by atoms with Crippen LogP contribution < -0.4 is 0 Å². The van der Waals surface area contributed by atoms with Gasteiger partial charge in [0.05, 0.1) is 12.8 Å². The summed E-state index contributed by atoms with van der Waals surface area (Å²) in [7, 11) is 1.31. The summed E-state index contributed by atoms with van der Waals surface area (Å²) in [5.41, 5.74) is 2.81. The Morgan fingerprint density at radius 1 is 1.29 bits per heavy atom. The molecule has 0 fully saturated rings. The van der Waals surface area contributed by atoms with Gasteiger partial charge in [-0.05, 0) is 19.1 Å². The molecule has 2 rings (SSSR count). The molecule has 0 saturated carbocycles. The molecule has 0 unspecified atom stereocenters. The van der Waals surface area contributed by atoms with Crippen molar-refractivity contribution in [1.29, 1.82) is 0 Å². The fraction of sp³-hybridized carbons (Fsp3) is 0.154. The highest BCUT2D eigenvalue weighted by Crippen LogP contribution is 2.17. The average molecular weight is 228 g/mol. The smallest absolute Gasteiger partial charge is 0.376 e. The van der Waals surface area contributed by atoms with Gasteiger partial charge in [-0.15, -0.1) is 0 Å². The molecule has 0 atom stereocenters. The van der Waals surface area contributed by atoms with Gasteiger partial charge in [-0.25, -0.2) is 14.8 Å². The molecule has 0 aliphatic heterocycles. The largest absolute Gasteiger partial charge is 0.463 e. The first-order valence-corrected chi connectivity index (χ1v) is 5.19. The van der Waals surface area contributed by atoms with Crippen LogP contribution in [-0.4, -0.2) is 23.0 Å². The maximum atomic E-state index is 11.3. The number of rotatable bonds is 2. The van der Waals surface area contributed by atoms with E-state index in [1.807, 2.05) is 31.2 Å². The topological polar surface area (TPSA) is 52.1 Å². The van der Waals surface area contributed by atoms with E-state index in [0.29, 0.717) is 5.69 Å². The molecule has 0 radical (unpaired) electrons. The lowest BCUT2D eigenvalue weighted by Gasteiger charge is -2.03. The number of carbonyl (C=O) groups is 1. The lowest BCUT2D eigenvalue weighted by molar-refractivity contribution is 0.0587. The highest BCUT2D eigenvalue weighted by Gasteiger charge is 2.10. The van der Waals surface area contributed by atoms with Crippen LogP contribution in [0.15, 0.2) is 36.5 Å². The third-order valence-corrected chi connectivity index (χ3v) is 2.34. The highest BCUT2D eigenvalue weighted by atomic mass is 16.5. The van der Waals surface area contributed by atoms with Crippen LogP contribution in [0.25, 0.3) is 11.3 Å². The van der Waals surface area contributed by atoms with Gasteiger partial charge in [-0.3, -0.25) is 0 Å². The summed E-state index contributed by atoms with van der Waals surface area (Å²) in [5, 5.41) is 0. The molecule has 0 N–H and O–H groups in total. The molecule has 0 saturated heterocycles. The minimum absolute atomic E-state index is 0.0755. The average Bonchev–Trinajstić information content (AvgIpc) is 2.38. The van der Waals surface area contributed by atoms with Gasteiger partial charge in [0, 0.05) is 11.8 Å². The second-order valence-electron chi connectivity index (χ2n) is 3.63. The minimum atomic E-state index is -0.528. The number of esters is 1. The molecule has 0 spiro atoms. The fourth-order valence-electron chi connectivity index (χ4n) is 1.51. The van der Waals surface area contributed by atoms with Gasteiger partial charge in [-0.1, -0.05) is 23.8 Å². The quantitative estimate of drug-likeness (QED) is 0.740. The van der Waals surface area contributed by atoms with Crippen molar-refractivity contribution in [3.05, 3.63) is 47.9 Å². The summed E-state index contributed by atoms with van der Waals surface area (Å²) in [6, 6.07) is 9.66. The molecule has 0 amide bonds. The van der Waals surface area contributed by atoms with Crippen LogP contribution >= 0.6 is 0 Å². The van der Waals surface area contributed by atoms with Gasteiger partial charge < -0.3 is 4.74 Å². The van der Waals surface area contributed by atoms with Crippen LogP contribution in [0.5, 0.6) is 0 Å². The number of carbonyl (C=O) groups excluding carboxylic acids is 1. The van der Waals surface area contributed by atoms with Gasteiger partial charge in [-0.2, -0.15) is 0 Å². The number of hydrogen-bond acceptors (Lipinski definition) is 4. The second kappa shape index (κ2) is 4.74. The van der Waals surface area contributed by atoms with E-state index in [1.165, 1.54) is 7.11 Å². The van der Waals surface area contributed by atoms with Gasteiger partial charge in [0.15, 0.2) is 0 Å². The summed E-state index contributed by atoms with van der Waals surface area (Å²) in [5.74, 6) is -0.453. The number of ether oxygens (including phenoxy) is 1. The zero-order valence-corrected chi connectivity index (χ0v) is 9.68. The lowest BCUT2D eigenvalue weighted by atomic mass is 10.1. The molecule has 4 nitrogen and oxygen atoms in total. The molecular formula is C13H12N2O2. The Balaban J connectivity index is 2.43. The van der Waals surface area contributed by atoms with E-state index in [4.69, 9.17) is 0 Å². The van der Waals surface area contributed by atoms with Crippen LogP contribution in [0.1, 0.15) is 16.2 Å².